The maximum absolute atomic E-state index is 12.6. The van der Waals surface area contributed by atoms with Crippen molar-refractivity contribution in [3.63, 3.8) is 0 Å². The van der Waals surface area contributed by atoms with E-state index in [9.17, 15) is 4.79 Å². The van der Waals surface area contributed by atoms with Crippen molar-refractivity contribution in [1.29, 1.82) is 0 Å². The molecule has 0 fully saturated rings. The summed E-state index contributed by atoms with van der Waals surface area (Å²) in [5.41, 5.74) is 2.60. The smallest absolute Gasteiger partial charge is 0.261 e. The van der Waals surface area contributed by atoms with Gasteiger partial charge in [-0.05, 0) is 48.9 Å². The van der Waals surface area contributed by atoms with Crippen LogP contribution >= 0.6 is 0 Å². The van der Waals surface area contributed by atoms with Gasteiger partial charge in [-0.25, -0.2) is 0 Å². The minimum atomic E-state index is -0.452. The first-order valence-corrected chi connectivity index (χ1v) is 8.38. The van der Waals surface area contributed by atoms with Gasteiger partial charge in [0.1, 0.15) is 5.75 Å². The molecule has 0 saturated carbocycles. The second-order valence-electron chi connectivity index (χ2n) is 5.98. The largest absolute Gasteiger partial charge is 0.481 e. The molecule has 120 valence electrons. The molecule has 1 N–H and O–H groups in total. The number of fused-ring (bicyclic) bond motifs is 1. The molecule has 1 amide bonds. The molecule has 0 aromatic heterocycles. The summed E-state index contributed by atoms with van der Waals surface area (Å²) in [5, 5.41) is 3.18. The molecule has 23 heavy (non-hydrogen) atoms. The van der Waals surface area contributed by atoms with Crippen LogP contribution in [-0.2, 0) is 11.2 Å². The Morgan fingerprint density at radius 3 is 2.70 bits per heavy atom. The van der Waals surface area contributed by atoms with Gasteiger partial charge in [0.25, 0.3) is 5.91 Å². The lowest BCUT2D eigenvalue weighted by molar-refractivity contribution is -0.129. The maximum atomic E-state index is 12.6. The molecule has 1 aliphatic carbocycles. The summed E-state index contributed by atoms with van der Waals surface area (Å²) in [6.45, 7) is 1.97. The zero-order chi connectivity index (χ0) is 16.1. The summed E-state index contributed by atoms with van der Waals surface area (Å²) in [6, 6.07) is 18.0. The molecule has 0 aliphatic heterocycles. The molecule has 0 saturated heterocycles. The van der Waals surface area contributed by atoms with E-state index in [4.69, 9.17) is 4.74 Å². The number of hydrogen-bond donors (Lipinski definition) is 1. The van der Waals surface area contributed by atoms with Crippen molar-refractivity contribution >= 4 is 5.91 Å². The van der Waals surface area contributed by atoms with Gasteiger partial charge in [0, 0.05) is 0 Å². The molecule has 2 aromatic rings. The number of nitrogens with one attached hydrogen (secondary N) is 1. The normalized spacial score (nSPS) is 17.9. The molecule has 0 radical (unpaired) electrons. The van der Waals surface area contributed by atoms with Crippen molar-refractivity contribution < 1.29 is 9.53 Å². The number of para-hydroxylation sites is 1. The first-order valence-electron chi connectivity index (χ1n) is 8.38. The van der Waals surface area contributed by atoms with E-state index < -0.39 is 6.10 Å². The van der Waals surface area contributed by atoms with E-state index in [2.05, 4.69) is 23.5 Å². The van der Waals surface area contributed by atoms with Gasteiger partial charge < -0.3 is 10.1 Å². The standard InChI is InChI=1S/C20H23NO2/c1-2-19(23-16-11-4-3-5-12-16)20(22)21-18-14-8-10-15-9-6-7-13-17(15)18/h3-7,9,11-13,18-19H,2,8,10,14H2,1H3,(H,21,22)/t18-,19-/m0/s1. The van der Waals surface area contributed by atoms with Crippen LogP contribution in [0.2, 0.25) is 0 Å². The summed E-state index contributed by atoms with van der Waals surface area (Å²) in [4.78, 5) is 12.6. The molecule has 2 atom stereocenters. The number of carbonyl (C=O) groups is 1. The number of carbonyl (C=O) groups excluding carboxylic acids is 1. The molecule has 0 unspecified atom stereocenters. The second-order valence-corrected chi connectivity index (χ2v) is 5.98. The van der Waals surface area contributed by atoms with Gasteiger partial charge in [0.2, 0.25) is 0 Å². The number of amides is 1. The average molecular weight is 309 g/mol. The number of ether oxygens (including phenoxy) is 1. The van der Waals surface area contributed by atoms with E-state index >= 15 is 0 Å². The Kier molecular flexibility index (Phi) is 4.96. The Morgan fingerprint density at radius 2 is 1.91 bits per heavy atom. The van der Waals surface area contributed by atoms with Gasteiger partial charge in [-0.15, -0.1) is 0 Å². The van der Waals surface area contributed by atoms with Crippen LogP contribution < -0.4 is 10.1 Å². The molecule has 3 heteroatoms. The summed E-state index contributed by atoms with van der Waals surface area (Å²) in [5.74, 6) is 0.705. The van der Waals surface area contributed by atoms with Crippen LogP contribution in [0.5, 0.6) is 5.75 Å². The Balaban J connectivity index is 1.68. The lowest BCUT2D eigenvalue weighted by atomic mass is 9.87. The highest BCUT2D eigenvalue weighted by Crippen LogP contribution is 2.29. The number of hydrogen-bond acceptors (Lipinski definition) is 2. The van der Waals surface area contributed by atoms with Crippen LogP contribution in [-0.4, -0.2) is 12.0 Å². The first kappa shape index (κ1) is 15.6. The number of rotatable bonds is 5. The molecule has 2 aromatic carbocycles. The van der Waals surface area contributed by atoms with E-state index in [1.165, 1.54) is 11.1 Å². The Bertz CT molecular complexity index is 654. The summed E-state index contributed by atoms with van der Waals surface area (Å²) < 4.78 is 5.84. The van der Waals surface area contributed by atoms with Gasteiger partial charge in [-0.1, -0.05) is 49.4 Å². The summed E-state index contributed by atoms with van der Waals surface area (Å²) in [7, 11) is 0. The maximum Gasteiger partial charge on any atom is 0.261 e. The fourth-order valence-corrected chi connectivity index (χ4v) is 3.15. The molecule has 3 nitrogen and oxygen atoms in total. The minimum Gasteiger partial charge on any atom is -0.481 e. The van der Waals surface area contributed by atoms with Crippen LogP contribution in [0.1, 0.15) is 43.4 Å². The molecule has 3 rings (SSSR count). The van der Waals surface area contributed by atoms with Crippen molar-refractivity contribution in [3.05, 3.63) is 65.7 Å². The van der Waals surface area contributed by atoms with Crippen LogP contribution in [0.4, 0.5) is 0 Å². The first-order chi connectivity index (χ1) is 11.3. The average Bonchev–Trinajstić information content (AvgIpc) is 2.61. The third kappa shape index (κ3) is 3.73. The van der Waals surface area contributed by atoms with Crippen molar-refractivity contribution in [2.24, 2.45) is 0 Å². The van der Waals surface area contributed by atoms with Crippen LogP contribution in [0.3, 0.4) is 0 Å². The number of aryl methyl sites for hydroxylation is 1. The summed E-state index contributed by atoms with van der Waals surface area (Å²) >= 11 is 0. The van der Waals surface area contributed by atoms with Gasteiger partial charge in [0.15, 0.2) is 6.10 Å². The lowest BCUT2D eigenvalue weighted by Crippen LogP contribution is -2.40. The third-order valence-electron chi connectivity index (χ3n) is 4.37. The Hall–Kier alpha value is -2.29. The Labute approximate surface area is 137 Å². The Morgan fingerprint density at radius 1 is 1.17 bits per heavy atom. The predicted molar refractivity (Wildman–Crippen MR) is 91.4 cm³/mol. The van der Waals surface area contributed by atoms with Gasteiger partial charge in [0.05, 0.1) is 6.04 Å². The molecule has 0 spiro atoms. The minimum absolute atomic E-state index is 0.0296. The van der Waals surface area contributed by atoms with Crippen molar-refractivity contribution in [1.82, 2.24) is 5.32 Å². The zero-order valence-electron chi connectivity index (χ0n) is 13.5. The SMILES string of the molecule is CC[C@H](Oc1ccccc1)C(=O)N[C@H]1CCCc2ccccc21. The van der Waals surface area contributed by atoms with Gasteiger partial charge in [-0.3, -0.25) is 4.79 Å². The lowest BCUT2D eigenvalue weighted by Gasteiger charge is -2.28. The van der Waals surface area contributed by atoms with E-state index in [0.29, 0.717) is 6.42 Å². The van der Waals surface area contributed by atoms with Crippen LogP contribution in [0.15, 0.2) is 54.6 Å². The van der Waals surface area contributed by atoms with E-state index in [0.717, 1.165) is 25.0 Å². The van der Waals surface area contributed by atoms with Crippen molar-refractivity contribution in [3.8, 4) is 5.75 Å². The van der Waals surface area contributed by atoms with E-state index in [1.54, 1.807) is 0 Å². The molecule has 0 bridgehead atoms. The van der Waals surface area contributed by atoms with Crippen LogP contribution in [0.25, 0.3) is 0 Å². The zero-order valence-corrected chi connectivity index (χ0v) is 13.5. The monoisotopic (exact) mass is 309 g/mol. The quantitative estimate of drug-likeness (QED) is 0.905. The fraction of sp³-hybridized carbons (Fsp3) is 0.350. The molecule has 0 heterocycles. The highest BCUT2D eigenvalue weighted by molar-refractivity contribution is 5.81. The topological polar surface area (TPSA) is 38.3 Å². The molecule has 1 aliphatic rings. The fourth-order valence-electron chi connectivity index (χ4n) is 3.15. The molecular formula is C20H23NO2. The number of benzene rings is 2. The van der Waals surface area contributed by atoms with Crippen molar-refractivity contribution in [2.75, 3.05) is 0 Å². The molecular weight excluding hydrogens is 286 g/mol. The van der Waals surface area contributed by atoms with Crippen molar-refractivity contribution in [2.45, 2.75) is 44.8 Å². The van der Waals surface area contributed by atoms with Crippen LogP contribution in [0, 0.1) is 0 Å². The van der Waals surface area contributed by atoms with Gasteiger partial charge in [-0.2, -0.15) is 0 Å². The van der Waals surface area contributed by atoms with Gasteiger partial charge >= 0.3 is 0 Å². The predicted octanol–water partition coefficient (Wildman–Crippen LogP) is 4.04. The third-order valence-corrected chi connectivity index (χ3v) is 4.37. The second kappa shape index (κ2) is 7.32. The van der Waals surface area contributed by atoms with E-state index in [-0.39, 0.29) is 11.9 Å². The highest BCUT2D eigenvalue weighted by Gasteiger charge is 2.25. The highest BCUT2D eigenvalue weighted by atomic mass is 16.5. The summed E-state index contributed by atoms with van der Waals surface area (Å²) in [6.07, 6.45) is 3.39. The van der Waals surface area contributed by atoms with E-state index in [1.807, 2.05) is 43.3 Å².